The van der Waals surface area contributed by atoms with Crippen LogP contribution in [0, 0.1) is 0 Å². The van der Waals surface area contributed by atoms with E-state index in [0.717, 1.165) is 54.2 Å². The van der Waals surface area contributed by atoms with Crippen LogP contribution in [-0.2, 0) is 29.5 Å². The molecule has 2 aromatic carbocycles. The Kier molecular flexibility index (Phi) is 5.76. The molecular weight excluding hydrogens is 464 g/mol. The van der Waals surface area contributed by atoms with Crippen molar-refractivity contribution in [2.75, 3.05) is 29.8 Å². The van der Waals surface area contributed by atoms with Crippen molar-refractivity contribution in [1.82, 2.24) is 9.97 Å². The number of aryl methyl sites for hydroxylation is 2. The van der Waals surface area contributed by atoms with Crippen LogP contribution >= 0.6 is 11.6 Å². The minimum atomic E-state index is -3.98. The molecule has 0 radical (unpaired) electrons. The summed E-state index contributed by atoms with van der Waals surface area (Å²) in [6.07, 6.45) is 2.46. The average Bonchev–Trinajstić information content (AvgIpc) is 3.25. The summed E-state index contributed by atoms with van der Waals surface area (Å²) in [6.45, 7) is 1.65. The number of ether oxygens (including phenoxy) is 2. The maximum absolute atomic E-state index is 13.0. The summed E-state index contributed by atoms with van der Waals surface area (Å²) in [4.78, 5) is 11.2. The van der Waals surface area contributed by atoms with Crippen molar-refractivity contribution < 1.29 is 17.9 Å². The van der Waals surface area contributed by atoms with Crippen LogP contribution in [0.3, 0.4) is 0 Å². The Morgan fingerprint density at radius 3 is 2.76 bits per heavy atom. The molecule has 33 heavy (non-hydrogen) atoms. The highest BCUT2D eigenvalue weighted by molar-refractivity contribution is 7.92. The summed E-state index contributed by atoms with van der Waals surface area (Å²) in [6, 6.07) is 12.1. The summed E-state index contributed by atoms with van der Waals surface area (Å²) in [7, 11) is -1.95. The number of sulfonamides is 1. The molecule has 1 aromatic heterocycles. The second-order valence-corrected chi connectivity index (χ2v) is 10.1. The lowest BCUT2D eigenvalue weighted by Crippen LogP contribution is -2.28. The molecule has 10 heteroatoms. The first kappa shape index (κ1) is 21.8. The standard InChI is InChI=1S/C23H23ClN4O4S/c1-28-11-12-31-20-13-15(9-10-19(20)28)14-32-23-22(25-17-6-4-7-18(17)26-23)27-33(29,30)21-8-3-2-5-16(21)24/h2-3,5,8-10,13H,4,6-7,11-12,14H2,1H3,(H,25,27). The lowest BCUT2D eigenvalue weighted by atomic mass is 10.1. The van der Waals surface area contributed by atoms with Crippen LogP contribution in [0.25, 0.3) is 0 Å². The van der Waals surface area contributed by atoms with Crippen molar-refractivity contribution in [2.24, 2.45) is 0 Å². The number of halogens is 1. The van der Waals surface area contributed by atoms with Crippen LogP contribution in [0.1, 0.15) is 23.4 Å². The minimum absolute atomic E-state index is 0.0316. The fourth-order valence-corrected chi connectivity index (χ4v) is 5.49. The molecule has 3 aromatic rings. The number of hydrogen-bond acceptors (Lipinski definition) is 7. The first-order chi connectivity index (χ1) is 15.9. The number of fused-ring (bicyclic) bond motifs is 2. The van der Waals surface area contributed by atoms with E-state index in [-0.39, 0.29) is 28.2 Å². The number of nitrogens with one attached hydrogen (secondary N) is 1. The fraction of sp³-hybridized carbons (Fsp3) is 0.304. The van der Waals surface area contributed by atoms with E-state index in [9.17, 15) is 8.42 Å². The quantitative estimate of drug-likeness (QED) is 0.566. The number of aromatic nitrogens is 2. The minimum Gasteiger partial charge on any atom is -0.490 e. The van der Waals surface area contributed by atoms with Gasteiger partial charge in [0.2, 0.25) is 5.82 Å². The van der Waals surface area contributed by atoms with E-state index < -0.39 is 10.0 Å². The number of anilines is 2. The van der Waals surface area contributed by atoms with Gasteiger partial charge in [-0.3, -0.25) is 4.72 Å². The lowest BCUT2D eigenvalue weighted by Gasteiger charge is -2.28. The van der Waals surface area contributed by atoms with Crippen LogP contribution in [0.4, 0.5) is 11.5 Å². The van der Waals surface area contributed by atoms with E-state index >= 15 is 0 Å². The topological polar surface area (TPSA) is 93.7 Å². The van der Waals surface area contributed by atoms with E-state index in [1.807, 2.05) is 25.2 Å². The SMILES string of the molecule is CN1CCOc2cc(COc3nc4c(nc3NS(=O)(=O)c3ccccc3Cl)CCC4)ccc21. The first-order valence-electron chi connectivity index (χ1n) is 10.7. The fourth-order valence-electron chi connectivity index (χ4n) is 3.97. The van der Waals surface area contributed by atoms with Gasteiger partial charge in [-0.15, -0.1) is 0 Å². The van der Waals surface area contributed by atoms with Gasteiger partial charge in [-0.05, 0) is 49.1 Å². The normalized spacial score (nSPS) is 14.9. The van der Waals surface area contributed by atoms with Gasteiger partial charge >= 0.3 is 0 Å². The van der Waals surface area contributed by atoms with Gasteiger partial charge in [-0.1, -0.05) is 29.8 Å². The molecule has 0 amide bonds. The zero-order valence-corrected chi connectivity index (χ0v) is 19.6. The zero-order chi connectivity index (χ0) is 23.0. The Labute approximate surface area is 197 Å². The van der Waals surface area contributed by atoms with Crippen molar-refractivity contribution in [1.29, 1.82) is 0 Å². The van der Waals surface area contributed by atoms with Crippen LogP contribution < -0.4 is 19.1 Å². The van der Waals surface area contributed by atoms with E-state index in [0.29, 0.717) is 6.61 Å². The summed E-state index contributed by atoms with van der Waals surface area (Å²) >= 11 is 6.12. The highest BCUT2D eigenvalue weighted by atomic mass is 35.5. The van der Waals surface area contributed by atoms with Gasteiger partial charge in [0.25, 0.3) is 15.9 Å². The molecule has 0 bridgehead atoms. The maximum atomic E-state index is 13.0. The molecule has 0 unspecified atom stereocenters. The monoisotopic (exact) mass is 486 g/mol. The number of rotatable bonds is 6. The third-order valence-corrected chi connectivity index (χ3v) is 7.54. The molecule has 0 spiro atoms. The van der Waals surface area contributed by atoms with Crippen molar-refractivity contribution >= 4 is 33.1 Å². The molecule has 1 aliphatic carbocycles. The largest absolute Gasteiger partial charge is 0.490 e. The summed E-state index contributed by atoms with van der Waals surface area (Å²) in [5.74, 6) is 0.996. The van der Waals surface area contributed by atoms with Gasteiger partial charge < -0.3 is 14.4 Å². The first-order valence-corrected chi connectivity index (χ1v) is 12.5. The molecule has 0 fully saturated rings. The van der Waals surface area contributed by atoms with Crippen LogP contribution in [-0.4, -0.2) is 38.6 Å². The van der Waals surface area contributed by atoms with Crippen molar-refractivity contribution in [3.05, 3.63) is 64.4 Å². The maximum Gasteiger partial charge on any atom is 0.264 e. The predicted octanol–water partition coefficient (Wildman–Crippen LogP) is 3.83. The summed E-state index contributed by atoms with van der Waals surface area (Å²) in [5.41, 5.74) is 3.52. The molecule has 2 heterocycles. The molecule has 0 saturated heterocycles. The molecular formula is C23H23ClN4O4S. The van der Waals surface area contributed by atoms with Crippen molar-refractivity contribution in [3.8, 4) is 11.6 Å². The molecule has 5 rings (SSSR count). The van der Waals surface area contributed by atoms with Crippen LogP contribution in [0.2, 0.25) is 5.02 Å². The van der Waals surface area contributed by atoms with Gasteiger partial charge in [0.1, 0.15) is 23.9 Å². The predicted molar refractivity (Wildman–Crippen MR) is 126 cm³/mol. The highest BCUT2D eigenvalue weighted by Gasteiger charge is 2.25. The van der Waals surface area contributed by atoms with Crippen molar-refractivity contribution in [2.45, 2.75) is 30.8 Å². The molecule has 2 aliphatic rings. The lowest BCUT2D eigenvalue weighted by molar-refractivity contribution is 0.289. The van der Waals surface area contributed by atoms with E-state index in [2.05, 4.69) is 19.6 Å². The van der Waals surface area contributed by atoms with Gasteiger partial charge in [-0.25, -0.2) is 18.4 Å². The third-order valence-electron chi connectivity index (χ3n) is 5.70. The third kappa shape index (κ3) is 4.43. The number of nitrogens with zero attached hydrogens (tertiary/aromatic N) is 3. The number of likely N-dealkylation sites (N-methyl/N-ethyl adjacent to an activating group) is 1. The Hall–Kier alpha value is -3.04. The number of benzene rings is 2. The Morgan fingerprint density at radius 1 is 1.15 bits per heavy atom. The van der Waals surface area contributed by atoms with Gasteiger partial charge in [-0.2, -0.15) is 0 Å². The molecule has 172 valence electrons. The van der Waals surface area contributed by atoms with E-state index in [1.54, 1.807) is 12.1 Å². The Balaban J connectivity index is 1.43. The smallest absolute Gasteiger partial charge is 0.264 e. The molecule has 1 aliphatic heterocycles. The van der Waals surface area contributed by atoms with Gasteiger partial charge in [0.15, 0.2) is 0 Å². The van der Waals surface area contributed by atoms with E-state index in [4.69, 9.17) is 21.1 Å². The van der Waals surface area contributed by atoms with Crippen LogP contribution in [0.15, 0.2) is 47.4 Å². The van der Waals surface area contributed by atoms with E-state index in [1.165, 1.54) is 12.1 Å². The molecule has 0 saturated carbocycles. The molecule has 0 atom stereocenters. The Bertz CT molecular complexity index is 1320. The second kappa shape index (κ2) is 8.72. The van der Waals surface area contributed by atoms with Gasteiger partial charge in [0, 0.05) is 7.05 Å². The van der Waals surface area contributed by atoms with Crippen LogP contribution in [0.5, 0.6) is 11.6 Å². The summed E-state index contributed by atoms with van der Waals surface area (Å²) < 4.78 is 40.3. The molecule has 8 nitrogen and oxygen atoms in total. The number of hydrogen-bond donors (Lipinski definition) is 1. The second-order valence-electron chi connectivity index (χ2n) is 8.02. The zero-order valence-electron chi connectivity index (χ0n) is 18.0. The molecule has 1 N–H and O–H groups in total. The average molecular weight is 487 g/mol. The highest BCUT2D eigenvalue weighted by Crippen LogP contribution is 2.33. The van der Waals surface area contributed by atoms with Crippen molar-refractivity contribution in [3.63, 3.8) is 0 Å². The summed E-state index contributed by atoms with van der Waals surface area (Å²) in [5, 5.41) is 0.126. The van der Waals surface area contributed by atoms with Gasteiger partial charge in [0.05, 0.1) is 28.6 Å². The Morgan fingerprint density at radius 2 is 1.94 bits per heavy atom.